The largest absolute Gasteiger partial charge is 0.484 e. The zero-order valence-electron chi connectivity index (χ0n) is 22.3. The zero-order valence-corrected chi connectivity index (χ0v) is 22.3. The fourth-order valence-corrected chi connectivity index (χ4v) is 4.52. The number of ether oxygens (including phenoxy) is 3. The Kier molecular flexibility index (Phi) is 8.63. The Balaban J connectivity index is 1.49. The molecular weight excluding hydrogens is 484 g/mol. The fraction of sp³-hybridized carbons (Fsp3) is 0.367. The first-order valence-electron chi connectivity index (χ1n) is 12.9. The highest BCUT2D eigenvalue weighted by atomic mass is 16.5. The molecule has 0 saturated carbocycles. The Morgan fingerprint density at radius 2 is 1.87 bits per heavy atom. The van der Waals surface area contributed by atoms with Crippen LogP contribution in [0.4, 0.5) is 5.69 Å². The van der Waals surface area contributed by atoms with Crippen LogP contribution in [0.25, 0.3) is 6.08 Å². The van der Waals surface area contributed by atoms with Crippen molar-refractivity contribution in [3.8, 4) is 5.75 Å². The van der Waals surface area contributed by atoms with Gasteiger partial charge in [0.1, 0.15) is 5.75 Å². The lowest BCUT2D eigenvalue weighted by Crippen LogP contribution is -2.35. The van der Waals surface area contributed by atoms with Gasteiger partial charge in [-0.2, -0.15) is 0 Å². The van der Waals surface area contributed by atoms with Crippen LogP contribution in [0.15, 0.2) is 59.3 Å². The summed E-state index contributed by atoms with van der Waals surface area (Å²) in [5.41, 5.74) is 4.61. The third kappa shape index (κ3) is 6.14. The van der Waals surface area contributed by atoms with E-state index in [1.807, 2.05) is 32.0 Å². The second kappa shape index (κ2) is 12.1. The Hall–Kier alpha value is -3.91. The van der Waals surface area contributed by atoms with Crippen molar-refractivity contribution < 1.29 is 28.6 Å². The van der Waals surface area contributed by atoms with E-state index < -0.39 is 5.97 Å². The molecule has 2 aromatic carbocycles. The second-order valence-electron chi connectivity index (χ2n) is 9.44. The summed E-state index contributed by atoms with van der Waals surface area (Å²) in [5, 5.41) is 2.82. The average Bonchev–Trinajstić information content (AvgIpc) is 3.50. The van der Waals surface area contributed by atoms with Gasteiger partial charge in [0.25, 0.3) is 11.8 Å². The molecule has 2 heterocycles. The quantitative estimate of drug-likeness (QED) is 0.394. The molecule has 0 spiro atoms. The van der Waals surface area contributed by atoms with E-state index in [4.69, 9.17) is 14.2 Å². The van der Waals surface area contributed by atoms with Gasteiger partial charge in [0.15, 0.2) is 6.61 Å². The lowest BCUT2D eigenvalue weighted by atomic mass is 10.0. The summed E-state index contributed by atoms with van der Waals surface area (Å²) in [6.07, 6.45) is 3.73. The predicted molar refractivity (Wildman–Crippen MR) is 145 cm³/mol. The summed E-state index contributed by atoms with van der Waals surface area (Å²) in [4.78, 5) is 40.1. The summed E-state index contributed by atoms with van der Waals surface area (Å²) in [7, 11) is 0. The molecule has 0 radical (unpaired) electrons. The van der Waals surface area contributed by atoms with Gasteiger partial charge in [-0.05, 0) is 87.6 Å². The number of nitrogens with one attached hydrogen (secondary N) is 1. The summed E-state index contributed by atoms with van der Waals surface area (Å²) in [5.74, 6) is -0.525. The topological polar surface area (TPSA) is 94.2 Å². The molecule has 2 aromatic rings. The maximum atomic E-state index is 13.6. The van der Waals surface area contributed by atoms with Gasteiger partial charge in [-0.1, -0.05) is 18.2 Å². The molecule has 0 unspecified atom stereocenters. The summed E-state index contributed by atoms with van der Waals surface area (Å²) in [6.45, 7) is 8.80. The molecule has 0 aliphatic carbocycles. The maximum Gasteiger partial charge on any atom is 0.340 e. The minimum Gasteiger partial charge on any atom is -0.484 e. The van der Waals surface area contributed by atoms with Crippen molar-refractivity contribution in [3.05, 3.63) is 76.0 Å². The lowest BCUT2D eigenvalue weighted by Gasteiger charge is -2.19. The fourth-order valence-electron chi connectivity index (χ4n) is 4.52. The van der Waals surface area contributed by atoms with Gasteiger partial charge < -0.3 is 19.5 Å². The van der Waals surface area contributed by atoms with Crippen molar-refractivity contribution in [2.45, 2.75) is 46.6 Å². The summed E-state index contributed by atoms with van der Waals surface area (Å²) in [6, 6.07) is 12.8. The molecule has 1 atom stereocenters. The number of amides is 2. The van der Waals surface area contributed by atoms with E-state index in [1.165, 1.54) is 0 Å². The number of allylic oxidation sites excluding steroid dienone is 1. The van der Waals surface area contributed by atoms with E-state index in [1.54, 1.807) is 49.1 Å². The second-order valence-corrected chi connectivity index (χ2v) is 9.44. The number of esters is 1. The molecule has 4 rings (SSSR count). The SMILES string of the molecule is CCOC(=O)C1=C(C)N(c2ccc(C)c(C)c2)C(=O)/C1=C\c1ccc(OCC(=O)NC[C@H]2CCCO2)cc1. The van der Waals surface area contributed by atoms with Gasteiger partial charge in [0.2, 0.25) is 0 Å². The number of nitrogens with zero attached hydrogens (tertiary/aromatic N) is 1. The van der Waals surface area contributed by atoms with Crippen molar-refractivity contribution in [1.82, 2.24) is 5.32 Å². The van der Waals surface area contributed by atoms with Gasteiger partial charge in [0.05, 0.1) is 23.9 Å². The number of hydrogen-bond donors (Lipinski definition) is 1. The van der Waals surface area contributed by atoms with E-state index in [-0.39, 0.29) is 42.3 Å². The first-order chi connectivity index (χ1) is 18.3. The van der Waals surface area contributed by atoms with Crippen LogP contribution in [0, 0.1) is 13.8 Å². The van der Waals surface area contributed by atoms with Gasteiger partial charge in [-0.15, -0.1) is 0 Å². The molecule has 200 valence electrons. The van der Waals surface area contributed by atoms with Gasteiger partial charge in [-0.25, -0.2) is 4.79 Å². The average molecular weight is 519 g/mol. The number of anilines is 1. The Morgan fingerprint density at radius 3 is 2.53 bits per heavy atom. The van der Waals surface area contributed by atoms with E-state index in [0.29, 0.717) is 29.2 Å². The van der Waals surface area contributed by atoms with Crippen LogP contribution < -0.4 is 15.0 Å². The molecule has 1 N–H and O–H groups in total. The van der Waals surface area contributed by atoms with Crippen molar-refractivity contribution in [2.75, 3.05) is 31.3 Å². The predicted octanol–water partition coefficient (Wildman–Crippen LogP) is 4.24. The molecule has 1 fully saturated rings. The number of aryl methyl sites for hydroxylation is 2. The monoisotopic (exact) mass is 518 g/mol. The normalized spacial score (nSPS) is 18.3. The van der Waals surface area contributed by atoms with Crippen molar-refractivity contribution in [2.24, 2.45) is 0 Å². The highest BCUT2D eigenvalue weighted by Gasteiger charge is 2.38. The highest BCUT2D eigenvalue weighted by Crippen LogP contribution is 2.36. The molecule has 0 aromatic heterocycles. The molecule has 38 heavy (non-hydrogen) atoms. The molecular formula is C30H34N2O6. The van der Waals surface area contributed by atoms with Gasteiger partial charge >= 0.3 is 5.97 Å². The highest BCUT2D eigenvalue weighted by molar-refractivity contribution is 6.23. The number of hydrogen-bond acceptors (Lipinski definition) is 6. The summed E-state index contributed by atoms with van der Waals surface area (Å²) < 4.78 is 16.4. The van der Waals surface area contributed by atoms with Crippen LogP contribution in [0.3, 0.4) is 0 Å². The third-order valence-corrected chi connectivity index (χ3v) is 6.74. The van der Waals surface area contributed by atoms with E-state index in [2.05, 4.69) is 5.32 Å². The zero-order chi connectivity index (χ0) is 27.2. The third-order valence-electron chi connectivity index (χ3n) is 6.74. The van der Waals surface area contributed by atoms with E-state index >= 15 is 0 Å². The van der Waals surface area contributed by atoms with Gasteiger partial charge in [0, 0.05) is 24.5 Å². The number of carbonyl (C=O) groups is 3. The van der Waals surface area contributed by atoms with Crippen molar-refractivity contribution in [3.63, 3.8) is 0 Å². The molecule has 2 aliphatic heterocycles. The molecule has 0 bridgehead atoms. The van der Waals surface area contributed by atoms with E-state index in [0.717, 1.165) is 30.6 Å². The summed E-state index contributed by atoms with van der Waals surface area (Å²) >= 11 is 0. The Bertz CT molecular complexity index is 1270. The van der Waals surface area contributed by atoms with E-state index in [9.17, 15) is 14.4 Å². The van der Waals surface area contributed by atoms with Gasteiger partial charge in [-0.3, -0.25) is 14.5 Å². The molecule has 2 amide bonds. The van der Waals surface area contributed by atoms with Crippen LogP contribution in [0.1, 0.15) is 43.4 Å². The number of benzene rings is 2. The number of carbonyl (C=O) groups excluding carboxylic acids is 3. The smallest absolute Gasteiger partial charge is 0.340 e. The molecule has 8 nitrogen and oxygen atoms in total. The van der Waals surface area contributed by atoms with Crippen LogP contribution in [-0.2, 0) is 23.9 Å². The van der Waals surface area contributed by atoms with Crippen LogP contribution in [0.2, 0.25) is 0 Å². The molecule has 2 aliphatic rings. The maximum absolute atomic E-state index is 13.6. The van der Waals surface area contributed by atoms with Crippen LogP contribution >= 0.6 is 0 Å². The number of rotatable bonds is 9. The van der Waals surface area contributed by atoms with Crippen molar-refractivity contribution in [1.29, 1.82) is 0 Å². The van der Waals surface area contributed by atoms with Crippen molar-refractivity contribution >= 4 is 29.5 Å². The molecule has 1 saturated heterocycles. The minimum atomic E-state index is -0.537. The first kappa shape index (κ1) is 27.1. The Morgan fingerprint density at radius 1 is 1.11 bits per heavy atom. The Labute approximate surface area is 223 Å². The minimum absolute atomic E-state index is 0.0766. The van der Waals surface area contributed by atoms with Crippen LogP contribution in [0.5, 0.6) is 5.75 Å². The van der Waals surface area contributed by atoms with Crippen LogP contribution in [-0.4, -0.2) is 50.3 Å². The standard InChI is InChI=1S/C30H34N2O6/c1-5-36-30(35)28-21(4)32(23-11-8-19(2)20(3)15-23)29(34)26(28)16-22-9-12-24(13-10-22)38-18-27(33)31-17-25-7-6-14-37-25/h8-13,15-16,25H,5-7,14,17-18H2,1-4H3,(H,31,33)/b26-16-/t25-/m1/s1. The molecule has 8 heteroatoms. The first-order valence-corrected chi connectivity index (χ1v) is 12.9. The lowest BCUT2D eigenvalue weighted by molar-refractivity contribution is -0.138.